The first-order valence-electron chi connectivity index (χ1n) is 12.3. The maximum Gasteiger partial charge on any atom is 0.191 e. The average Bonchev–Trinajstić information content (AvgIpc) is 2.80. The zero-order valence-electron chi connectivity index (χ0n) is 20.2. The lowest BCUT2D eigenvalue weighted by atomic mass is 9.84. The summed E-state index contributed by atoms with van der Waals surface area (Å²) in [6.45, 7) is 10.3. The van der Waals surface area contributed by atoms with Gasteiger partial charge >= 0.3 is 0 Å². The Morgan fingerprint density at radius 2 is 1.71 bits per heavy atom. The highest BCUT2D eigenvalue weighted by molar-refractivity contribution is 14.0. The van der Waals surface area contributed by atoms with E-state index in [9.17, 15) is 0 Å². The molecule has 3 fully saturated rings. The number of ether oxygens (including phenoxy) is 1. The fourth-order valence-electron chi connectivity index (χ4n) is 5.38. The Bertz CT molecular complexity index is 512. The Morgan fingerprint density at radius 1 is 1.03 bits per heavy atom. The van der Waals surface area contributed by atoms with Crippen molar-refractivity contribution in [3.63, 3.8) is 0 Å². The number of guanidine groups is 1. The van der Waals surface area contributed by atoms with Gasteiger partial charge in [0.15, 0.2) is 5.96 Å². The van der Waals surface area contributed by atoms with Gasteiger partial charge in [0.25, 0.3) is 0 Å². The van der Waals surface area contributed by atoms with Crippen LogP contribution in [0.2, 0.25) is 0 Å². The normalized spacial score (nSPS) is 24.5. The van der Waals surface area contributed by atoms with E-state index in [0.29, 0.717) is 6.04 Å². The van der Waals surface area contributed by atoms with Crippen molar-refractivity contribution in [2.24, 2.45) is 4.99 Å². The van der Waals surface area contributed by atoms with Crippen LogP contribution < -0.4 is 10.6 Å². The molecule has 3 aliphatic heterocycles. The number of hydrogen-bond donors (Lipinski definition) is 2. The first-order chi connectivity index (χ1) is 14.6. The van der Waals surface area contributed by atoms with Gasteiger partial charge in [0.05, 0.1) is 0 Å². The predicted octanol–water partition coefficient (Wildman–Crippen LogP) is 2.22. The molecule has 0 amide bonds. The Labute approximate surface area is 207 Å². The molecule has 31 heavy (non-hydrogen) atoms. The van der Waals surface area contributed by atoms with E-state index in [4.69, 9.17) is 4.74 Å². The number of hydrogen-bond acceptors (Lipinski definition) is 5. The second-order valence-corrected chi connectivity index (χ2v) is 9.61. The van der Waals surface area contributed by atoms with Crippen molar-refractivity contribution in [2.75, 3.05) is 80.2 Å². The number of piperidine rings is 3. The van der Waals surface area contributed by atoms with Gasteiger partial charge in [0.1, 0.15) is 0 Å². The van der Waals surface area contributed by atoms with Gasteiger partial charge in [-0.25, -0.2) is 0 Å². The van der Waals surface area contributed by atoms with Crippen LogP contribution in [-0.4, -0.2) is 112 Å². The lowest BCUT2D eigenvalue weighted by Gasteiger charge is -2.50. The minimum atomic E-state index is 0. The molecular weight excluding hydrogens is 503 g/mol. The fraction of sp³-hybridized carbons (Fsp3) is 0.957. The summed E-state index contributed by atoms with van der Waals surface area (Å²) in [6.07, 6.45) is 10.1. The number of aliphatic imine (C=N–C) groups is 1. The minimum absolute atomic E-state index is 0. The standard InChI is InChI=1S/C23H46N6O.HI/c1-24-22(26-21-8-15-28(16-9-21)12-7-19-30-3)25-20-23(10-17-27(2)18-11-23)29-13-5-4-6-14-29;/h21H,4-20H2,1-3H3,(H2,24,25,26);1H. The van der Waals surface area contributed by atoms with Crippen LogP contribution in [0, 0.1) is 0 Å². The predicted molar refractivity (Wildman–Crippen MR) is 141 cm³/mol. The topological polar surface area (TPSA) is 55.4 Å². The van der Waals surface area contributed by atoms with Crippen LogP contribution in [0.3, 0.4) is 0 Å². The molecule has 0 radical (unpaired) electrons. The molecule has 8 heteroatoms. The Morgan fingerprint density at radius 3 is 2.32 bits per heavy atom. The summed E-state index contributed by atoms with van der Waals surface area (Å²) in [5, 5.41) is 7.46. The summed E-state index contributed by atoms with van der Waals surface area (Å²) in [4.78, 5) is 12.4. The fourth-order valence-corrected chi connectivity index (χ4v) is 5.38. The van der Waals surface area contributed by atoms with Gasteiger partial charge in [-0.2, -0.15) is 0 Å². The van der Waals surface area contributed by atoms with Gasteiger partial charge in [-0.3, -0.25) is 9.89 Å². The van der Waals surface area contributed by atoms with Crippen molar-refractivity contribution in [1.29, 1.82) is 0 Å². The van der Waals surface area contributed by atoms with E-state index in [1.165, 1.54) is 84.2 Å². The van der Waals surface area contributed by atoms with Crippen LogP contribution in [-0.2, 0) is 4.74 Å². The molecule has 0 saturated carbocycles. The molecule has 0 aromatic heterocycles. The quantitative estimate of drug-likeness (QED) is 0.209. The summed E-state index contributed by atoms with van der Waals surface area (Å²) in [7, 11) is 5.96. The van der Waals surface area contributed by atoms with Crippen molar-refractivity contribution in [2.45, 2.75) is 62.9 Å². The SMILES string of the molecule is CN=C(NCC1(N2CCCCC2)CCN(C)CC1)NC1CCN(CCCOC)CC1.I. The molecule has 0 aromatic carbocycles. The Kier molecular flexibility index (Phi) is 12.4. The van der Waals surface area contributed by atoms with Gasteiger partial charge in [0.2, 0.25) is 0 Å². The molecule has 7 nitrogen and oxygen atoms in total. The zero-order chi connectivity index (χ0) is 21.2. The first-order valence-corrected chi connectivity index (χ1v) is 12.3. The molecule has 3 aliphatic rings. The van der Waals surface area contributed by atoms with E-state index in [0.717, 1.165) is 32.1 Å². The summed E-state index contributed by atoms with van der Waals surface area (Å²) < 4.78 is 5.19. The third-order valence-electron chi connectivity index (χ3n) is 7.50. The molecule has 0 bridgehead atoms. The van der Waals surface area contributed by atoms with Gasteiger partial charge in [0, 0.05) is 58.5 Å². The number of methoxy groups -OCH3 is 1. The number of rotatable bonds is 8. The van der Waals surface area contributed by atoms with E-state index in [2.05, 4.69) is 37.4 Å². The monoisotopic (exact) mass is 550 g/mol. The van der Waals surface area contributed by atoms with Crippen LogP contribution >= 0.6 is 24.0 Å². The third kappa shape index (κ3) is 8.28. The maximum atomic E-state index is 5.19. The van der Waals surface area contributed by atoms with Gasteiger partial charge < -0.3 is 25.2 Å². The summed E-state index contributed by atoms with van der Waals surface area (Å²) in [5.41, 5.74) is 0.287. The van der Waals surface area contributed by atoms with Gasteiger partial charge in [-0.15, -0.1) is 24.0 Å². The molecule has 3 rings (SSSR count). The van der Waals surface area contributed by atoms with E-state index in [-0.39, 0.29) is 29.5 Å². The maximum absolute atomic E-state index is 5.19. The van der Waals surface area contributed by atoms with Crippen LogP contribution in [0.1, 0.15) is 51.4 Å². The second-order valence-electron chi connectivity index (χ2n) is 9.61. The summed E-state index contributed by atoms with van der Waals surface area (Å²) >= 11 is 0. The molecule has 3 heterocycles. The molecule has 3 saturated heterocycles. The van der Waals surface area contributed by atoms with Crippen molar-refractivity contribution in [3.8, 4) is 0 Å². The minimum Gasteiger partial charge on any atom is -0.385 e. The smallest absolute Gasteiger partial charge is 0.191 e. The largest absolute Gasteiger partial charge is 0.385 e. The number of likely N-dealkylation sites (tertiary alicyclic amines) is 3. The highest BCUT2D eigenvalue weighted by Gasteiger charge is 2.39. The van der Waals surface area contributed by atoms with Crippen LogP contribution in [0.5, 0.6) is 0 Å². The summed E-state index contributed by atoms with van der Waals surface area (Å²) in [6, 6.07) is 0.526. The zero-order valence-corrected chi connectivity index (χ0v) is 22.5. The Hall–Kier alpha value is -0.160. The van der Waals surface area contributed by atoms with E-state index in [1.54, 1.807) is 7.11 Å². The van der Waals surface area contributed by atoms with Crippen LogP contribution in [0.25, 0.3) is 0 Å². The average molecular weight is 551 g/mol. The molecule has 0 aliphatic carbocycles. The van der Waals surface area contributed by atoms with Crippen LogP contribution in [0.4, 0.5) is 0 Å². The Balaban J connectivity index is 0.00000341. The molecule has 182 valence electrons. The summed E-state index contributed by atoms with van der Waals surface area (Å²) in [5.74, 6) is 0.989. The lowest BCUT2D eigenvalue weighted by Crippen LogP contribution is -2.62. The molecule has 2 N–H and O–H groups in total. The molecule has 0 unspecified atom stereocenters. The number of halogens is 1. The van der Waals surface area contributed by atoms with E-state index in [1.807, 2.05) is 7.05 Å². The highest BCUT2D eigenvalue weighted by Crippen LogP contribution is 2.30. The first kappa shape index (κ1) is 27.1. The molecular formula is C23H47IN6O. The van der Waals surface area contributed by atoms with E-state index < -0.39 is 0 Å². The van der Waals surface area contributed by atoms with E-state index >= 15 is 0 Å². The van der Waals surface area contributed by atoms with Crippen molar-refractivity contribution in [1.82, 2.24) is 25.3 Å². The second kappa shape index (κ2) is 14.2. The third-order valence-corrected chi connectivity index (χ3v) is 7.50. The van der Waals surface area contributed by atoms with Crippen LogP contribution in [0.15, 0.2) is 4.99 Å². The number of nitrogens with zero attached hydrogens (tertiary/aromatic N) is 4. The van der Waals surface area contributed by atoms with Crippen molar-refractivity contribution >= 4 is 29.9 Å². The molecule has 0 aromatic rings. The van der Waals surface area contributed by atoms with Gasteiger partial charge in [-0.1, -0.05) is 6.42 Å². The van der Waals surface area contributed by atoms with Gasteiger partial charge in [-0.05, 0) is 78.2 Å². The molecule has 0 spiro atoms. The van der Waals surface area contributed by atoms with Crippen molar-refractivity contribution in [3.05, 3.63) is 0 Å². The molecule has 0 atom stereocenters. The highest BCUT2D eigenvalue weighted by atomic mass is 127. The van der Waals surface area contributed by atoms with Crippen molar-refractivity contribution < 1.29 is 4.74 Å². The number of nitrogens with one attached hydrogen (secondary N) is 2. The lowest BCUT2D eigenvalue weighted by molar-refractivity contribution is 0.0172.